The fraction of sp³-hybridized carbons (Fsp3) is 0.929. The van der Waals surface area contributed by atoms with Crippen LogP contribution >= 0.6 is 0 Å². The molecule has 1 aliphatic carbocycles. The van der Waals surface area contributed by atoms with E-state index >= 15 is 0 Å². The molecule has 0 aromatic rings. The second-order valence-electron chi connectivity index (χ2n) is 5.84. The van der Waals surface area contributed by atoms with Gasteiger partial charge in [-0.2, -0.15) is 0 Å². The number of ether oxygens (including phenoxy) is 1. The average Bonchev–Trinajstić information content (AvgIpc) is 3.13. The maximum Gasteiger partial charge on any atom is 0.306 e. The lowest BCUT2D eigenvalue weighted by Crippen LogP contribution is -2.44. The molecule has 0 saturated heterocycles. The van der Waals surface area contributed by atoms with Crippen molar-refractivity contribution in [3.63, 3.8) is 0 Å². The maximum atomic E-state index is 12.5. The number of nitrogens with one attached hydrogen (secondary N) is 1. The maximum absolute atomic E-state index is 12.5. The Morgan fingerprint density at radius 1 is 1.35 bits per heavy atom. The fourth-order valence-corrected chi connectivity index (χ4v) is 4.94. The van der Waals surface area contributed by atoms with Gasteiger partial charge in [-0.05, 0) is 38.1 Å². The number of hydrogen-bond acceptors (Lipinski definition) is 5. The molecule has 2 atom stereocenters. The summed E-state index contributed by atoms with van der Waals surface area (Å²) < 4.78 is 29.7. The number of sulfone groups is 1. The summed E-state index contributed by atoms with van der Waals surface area (Å²) >= 11 is 0. The molecule has 20 heavy (non-hydrogen) atoms. The van der Waals surface area contributed by atoms with Crippen LogP contribution in [0.3, 0.4) is 0 Å². The molecule has 1 aliphatic rings. The second kappa shape index (κ2) is 6.89. The highest BCUT2D eigenvalue weighted by Crippen LogP contribution is 2.50. The molecule has 0 spiro atoms. The van der Waals surface area contributed by atoms with Crippen LogP contribution in [0.2, 0.25) is 0 Å². The predicted octanol–water partition coefficient (Wildman–Crippen LogP) is 1.52. The van der Waals surface area contributed by atoms with Crippen molar-refractivity contribution in [2.75, 3.05) is 19.4 Å². The van der Waals surface area contributed by atoms with Crippen molar-refractivity contribution < 1.29 is 17.9 Å². The minimum atomic E-state index is -3.21. The van der Waals surface area contributed by atoms with E-state index in [1.165, 1.54) is 7.11 Å². The highest BCUT2D eigenvalue weighted by Gasteiger charge is 2.49. The third kappa shape index (κ3) is 4.45. The first-order chi connectivity index (χ1) is 9.30. The highest BCUT2D eigenvalue weighted by molar-refractivity contribution is 7.92. The predicted molar refractivity (Wildman–Crippen MR) is 79.3 cm³/mol. The number of carbonyl (C=O) groups excluding carboxylic acids is 1. The van der Waals surface area contributed by atoms with Crippen molar-refractivity contribution in [3.05, 3.63) is 0 Å². The molecule has 1 rings (SSSR count). The summed E-state index contributed by atoms with van der Waals surface area (Å²) in [7, 11) is -1.87. The van der Waals surface area contributed by atoms with E-state index < -0.39 is 15.1 Å². The molecule has 1 N–H and O–H groups in total. The lowest BCUT2D eigenvalue weighted by atomic mass is 10.1. The molecule has 0 radical (unpaired) electrons. The molecule has 0 aromatic heterocycles. The van der Waals surface area contributed by atoms with E-state index in [0.29, 0.717) is 0 Å². The SMILES string of the molecule is CCNC(CC)C(C)S(=O)(=O)CC1(CC(=O)OC)CC1. The zero-order chi connectivity index (χ0) is 15.4. The minimum Gasteiger partial charge on any atom is -0.469 e. The van der Waals surface area contributed by atoms with Gasteiger partial charge in [-0.15, -0.1) is 0 Å². The second-order valence-corrected chi connectivity index (χ2v) is 8.20. The molecule has 0 aliphatic heterocycles. The number of carbonyl (C=O) groups is 1. The molecule has 0 heterocycles. The lowest BCUT2D eigenvalue weighted by molar-refractivity contribution is -0.141. The molecule has 5 nitrogen and oxygen atoms in total. The molecule has 0 bridgehead atoms. The van der Waals surface area contributed by atoms with Gasteiger partial charge in [0, 0.05) is 6.04 Å². The molecule has 118 valence electrons. The average molecular weight is 305 g/mol. The van der Waals surface area contributed by atoms with Gasteiger partial charge in [0.25, 0.3) is 0 Å². The van der Waals surface area contributed by atoms with Crippen LogP contribution < -0.4 is 5.32 Å². The van der Waals surface area contributed by atoms with Gasteiger partial charge in [-0.1, -0.05) is 13.8 Å². The van der Waals surface area contributed by atoms with Gasteiger partial charge in [0.1, 0.15) is 0 Å². The van der Waals surface area contributed by atoms with Gasteiger partial charge < -0.3 is 10.1 Å². The zero-order valence-corrected chi connectivity index (χ0v) is 13.8. The molecule has 2 unspecified atom stereocenters. The largest absolute Gasteiger partial charge is 0.469 e. The normalized spacial score (nSPS) is 20.2. The van der Waals surface area contributed by atoms with Crippen LogP contribution in [0.5, 0.6) is 0 Å². The van der Waals surface area contributed by atoms with Crippen molar-refractivity contribution in [2.45, 2.75) is 57.7 Å². The first-order valence-electron chi connectivity index (χ1n) is 7.32. The minimum absolute atomic E-state index is 0.0288. The summed E-state index contributed by atoms with van der Waals surface area (Å²) in [5, 5.41) is 2.80. The van der Waals surface area contributed by atoms with Gasteiger partial charge in [0.05, 0.1) is 24.5 Å². The lowest BCUT2D eigenvalue weighted by Gasteiger charge is -2.25. The molecule has 1 fully saturated rings. The van der Waals surface area contributed by atoms with Crippen molar-refractivity contribution in [1.29, 1.82) is 0 Å². The molecular weight excluding hydrogens is 278 g/mol. The van der Waals surface area contributed by atoms with E-state index in [4.69, 9.17) is 0 Å². The number of esters is 1. The van der Waals surface area contributed by atoms with Crippen LogP contribution in [0, 0.1) is 5.41 Å². The van der Waals surface area contributed by atoms with Gasteiger partial charge in [0.2, 0.25) is 0 Å². The Hall–Kier alpha value is -0.620. The molecule has 6 heteroatoms. The van der Waals surface area contributed by atoms with Crippen molar-refractivity contribution >= 4 is 15.8 Å². The Bertz CT molecular complexity index is 428. The van der Waals surface area contributed by atoms with Gasteiger partial charge in [0.15, 0.2) is 9.84 Å². The Morgan fingerprint density at radius 3 is 2.35 bits per heavy atom. The third-order valence-electron chi connectivity index (χ3n) is 4.25. The van der Waals surface area contributed by atoms with E-state index in [-0.39, 0.29) is 29.6 Å². The summed E-state index contributed by atoms with van der Waals surface area (Å²) in [4.78, 5) is 11.4. The van der Waals surface area contributed by atoms with Crippen LogP contribution in [-0.4, -0.2) is 45.1 Å². The summed E-state index contributed by atoms with van der Waals surface area (Å²) in [6.07, 6.45) is 2.59. The Balaban J connectivity index is 2.71. The Morgan fingerprint density at radius 2 is 1.95 bits per heavy atom. The van der Waals surface area contributed by atoms with Crippen molar-refractivity contribution in [3.8, 4) is 0 Å². The molecular formula is C14H27NO4S. The third-order valence-corrected chi connectivity index (χ3v) is 6.73. The topological polar surface area (TPSA) is 72.5 Å². The van der Waals surface area contributed by atoms with Crippen LogP contribution in [0.15, 0.2) is 0 Å². The summed E-state index contributed by atoms with van der Waals surface area (Å²) in [5.74, 6) is -0.220. The van der Waals surface area contributed by atoms with Crippen molar-refractivity contribution in [1.82, 2.24) is 5.32 Å². The molecule has 1 saturated carbocycles. The molecule has 0 amide bonds. The van der Waals surface area contributed by atoms with E-state index in [1.807, 2.05) is 13.8 Å². The quantitative estimate of drug-likeness (QED) is 0.654. The number of rotatable bonds is 9. The van der Waals surface area contributed by atoms with E-state index in [0.717, 1.165) is 25.8 Å². The summed E-state index contributed by atoms with van der Waals surface area (Å²) in [5.41, 5.74) is -0.370. The fourth-order valence-electron chi connectivity index (χ4n) is 2.64. The molecule has 0 aromatic carbocycles. The van der Waals surface area contributed by atoms with Gasteiger partial charge in [-0.25, -0.2) is 8.42 Å². The highest BCUT2D eigenvalue weighted by atomic mass is 32.2. The smallest absolute Gasteiger partial charge is 0.306 e. The monoisotopic (exact) mass is 305 g/mol. The van der Waals surface area contributed by atoms with E-state index in [1.54, 1.807) is 6.92 Å². The van der Waals surface area contributed by atoms with E-state index in [2.05, 4.69) is 10.1 Å². The van der Waals surface area contributed by atoms with Crippen LogP contribution in [0.4, 0.5) is 0 Å². The van der Waals surface area contributed by atoms with Crippen LogP contribution in [0.1, 0.15) is 46.5 Å². The summed E-state index contributed by atoms with van der Waals surface area (Å²) in [6.45, 7) is 6.48. The first kappa shape index (κ1) is 17.4. The number of methoxy groups -OCH3 is 1. The standard InChI is InChI=1S/C14H27NO4S/c1-5-12(15-6-2)11(3)20(17,18)10-14(7-8-14)9-13(16)19-4/h11-12,15H,5-10H2,1-4H3. The van der Waals surface area contributed by atoms with Crippen LogP contribution in [-0.2, 0) is 19.4 Å². The Kier molecular flexibility index (Phi) is 6.01. The zero-order valence-electron chi connectivity index (χ0n) is 12.9. The number of hydrogen-bond donors (Lipinski definition) is 1. The van der Waals surface area contributed by atoms with Crippen LogP contribution in [0.25, 0.3) is 0 Å². The van der Waals surface area contributed by atoms with Gasteiger partial charge >= 0.3 is 5.97 Å². The summed E-state index contributed by atoms with van der Waals surface area (Å²) in [6, 6.07) is -0.0288. The van der Waals surface area contributed by atoms with Gasteiger partial charge in [-0.3, -0.25) is 4.79 Å². The van der Waals surface area contributed by atoms with E-state index in [9.17, 15) is 13.2 Å². The Labute approximate surface area is 122 Å². The van der Waals surface area contributed by atoms with Crippen molar-refractivity contribution in [2.24, 2.45) is 5.41 Å². The first-order valence-corrected chi connectivity index (χ1v) is 9.03.